The molecule has 0 N–H and O–H groups in total. The van der Waals surface area contributed by atoms with E-state index in [1.807, 2.05) is 0 Å². The van der Waals surface area contributed by atoms with Gasteiger partial charge in [-0.3, -0.25) is 4.90 Å². The van der Waals surface area contributed by atoms with Crippen molar-refractivity contribution in [3.8, 4) is 0 Å². The van der Waals surface area contributed by atoms with Gasteiger partial charge < -0.3 is 14.4 Å². The monoisotopic (exact) mass is 431 g/mol. The lowest BCUT2D eigenvalue weighted by molar-refractivity contribution is -0.0232. The molecule has 4 fully saturated rings. The van der Waals surface area contributed by atoms with Crippen LogP contribution in [0.4, 0.5) is 9.18 Å². The fraction of sp³-hybridized carbons (Fsp3) is 0.842. The molecule has 4 atom stereocenters. The van der Waals surface area contributed by atoms with Gasteiger partial charge in [-0.05, 0) is 26.2 Å². The highest BCUT2D eigenvalue weighted by Crippen LogP contribution is 2.33. The minimum Gasteiger partial charge on any atom is -0.443 e. The molecule has 1 aliphatic carbocycles. The molecule has 3 aliphatic heterocycles. The highest BCUT2D eigenvalue weighted by molar-refractivity contribution is 7.93. The quantitative estimate of drug-likeness (QED) is 0.668. The van der Waals surface area contributed by atoms with Crippen molar-refractivity contribution < 1.29 is 27.1 Å². The van der Waals surface area contributed by atoms with Crippen molar-refractivity contribution in [3.63, 3.8) is 0 Å². The number of alkyl halides is 1. The van der Waals surface area contributed by atoms with Crippen LogP contribution >= 0.6 is 0 Å². The maximum absolute atomic E-state index is 14.9. The van der Waals surface area contributed by atoms with Crippen LogP contribution in [0.25, 0.3) is 0 Å². The molecule has 29 heavy (non-hydrogen) atoms. The minimum atomic E-state index is -3.44. The van der Waals surface area contributed by atoms with Gasteiger partial charge in [-0.15, -0.1) is 0 Å². The molecule has 0 aromatic rings. The van der Waals surface area contributed by atoms with Crippen LogP contribution in [0.1, 0.15) is 32.6 Å². The second-order valence-corrected chi connectivity index (χ2v) is 10.2. The Morgan fingerprint density at radius 3 is 2.62 bits per heavy atom. The van der Waals surface area contributed by atoms with E-state index < -0.39 is 28.4 Å². The van der Waals surface area contributed by atoms with Gasteiger partial charge in [0.1, 0.15) is 12.3 Å². The smallest absolute Gasteiger partial charge is 0.410 e. The molecule has 0 spiro atoms. The van der Waals surface area contributed by atoms with E-state index in [1.54, 1.807) is 17.9 Å². The Hall–Kier alpha value is -1.23. The topological polar surface area (TPSA) is 79.4 Å². The summed E-state index contributed by atoms with van der Waals surface area (Å²) in [7, 11) is -3.44. The number of carbonyl (C=O) groups excluding carboxylic acids is 1. The van der Waals surface area contributed by atoms with Crippen LogP contribution in [-0.2, 0) is 19.5 Å². The zero-order valence-electron chi connectivity index (χ0n) is 16.8. The van der Waals surface area contributed by atoms with E-state index >= 15 is 0 Å². The third kappa shape index (κ3) is 4.17. The molecule has 4 rings (SSSR count). The lowest BCUT2D eigenvalue weighted by atomic mass is 9.87. The summed E-state index contributed by atoms with van der Waals surface area (Å²) >= 11 is 0. The standard InChI is InChI=1S/C19H30FN3O5S/c1-2-16-5-6-22(29(16,25)26)12-15-13-23(19(24)28-15)14-3-4-18(17(20)11-14)21-7-9-27-10-8-21/h2,14-15,17-18H,3-13H2,1H3/b16-2-/t14?,15-,17?,18?/m0/s1. The summed E-state index contributed by atoms with van der Waals surface area (Å²) in [5, 5.41) is 0. The van der Waals surface area contributed by atoms with Gasteiger partial charge >= 0.3 is 6.09 Å². The van der Waals surface area contributed by atoms with Crippen LogP contribution in [-0.4, -0.2) is 98.9 Å². The summed E-state index contributed by atoms with van der Waals surface area (Å²) in [6.07, 6.45) is 1.88. The van der Waals surface area contributed by atoms with Crippen molar-refractivity contribution in [2.45, 2.75) is 57.0 Å². The second-order valence-electron chi connectivity index (χ2n) is 8.22. The molecule has 1 saturated carbocycles. The van der Waals surface area contributed by atoms with Gasteiger partial charge in [-0.2, -0.15) is 4.31 Å². The van der Waals surface area contributed by atoms with Gasteiger partial charge in [0, 0.05) is 38.1 Å². The Morgan fingerprint density at radius 1 is 1.21 bits per heavy atom. The lowest BCUT2D eigenvalue weighted by Gasteiger charge is -2.42. The van der Waals surface area contributed by atoms with E-state index in [2.05, 4.69) is 4.90 Å². The number of allylic oxidation sites excluding steroid dienone is 1. The summed E-state index contributed by atoms with van der Waals surface area (Å²) in [4.78, 5) is 16.6. The highest BCUT2D eigenvalue weighted by atomic mass is 32.2. The summed E-state index contributed by atoms with van der Waals surface area (Å²) in [6, 6.07) is -0.306. The SMILES string of the molecule is C/C=C1/CCN(C[C@H]2CN(C3CCC(N4CCOCC4)C(F)C3)C(=O)O2)S1(=O)=O. The number of amides is 1. The molecule has 3 heterocycles. The Bertz CT molecular complexity index is 755. The van der Waals surface area contributed by atoms with Crippen molar-refractivity contribution in [3.05, 3.63) is 11.0 Å². The first-order chi connectivity index (χ1) is 13.9. The number of morpholine rings is 1. The fourth-order valence-corrected chi connectivity index (χ4v) is 6.65. The van der Waals surface area contributed by atoms with E-state index in [-0.39, 0.29) is 18.6 Å². The van der Waals surface area contributed by atoms with Crippen molar-refractivity contribution in [1.29, 1.82) is 0 Å². The summed E-state index contributed by atoms with van der Waals surface area (Å²) in [5.41, 5.74) is 0. The number of cyclic esters (lactones) is 1. The van der Waals surface area contributed by atoms with Gasteiger partial charge in [-0.1, -0.05) is 6.08 Å². The largest absolute Gasteiger partial charge is 0.443 e. The van der Waals surface area contributed by atoms with Gasteiger partial charge in [0.2, 0.25) is 10.0 Å². The molecule has 164 valence electrons. The predicted molar refractivity (Wildman–Crippen MR) is 105 cm³/mol. The average Bonchev–Trinajstić information content (AvgIpc) is 3.21. The Kier molecular flexibility index (Phi) is 6.15. The summed E-state index contributed by atoms with van der Waals surface area (Å²) in [6.45, 7) is 5.38. The van der Waals surface area contributed by atoms with Gasteiger partial charge in [0.15, 0.2) is 0 Å². The van der Waals surface area contributed by atoms with Gasteiger partial charge in [0.25, 0.3) is 0 Å². The van der Waals surface area contributed by atoms with Crippen LogP contribution < -0.4 is 0 Å². The Labute approximate surface area is 171 Å². The normalized spacial score (nSPS) is 37.9. The van der Waals surface area contributed by atoms with E-state index in [9.17, 15) is 17.6 Å². The molecule has 8 nitrogen and oxygen atoms in total. The first kappa shape index (κ1) is 21.0. The van der Waals surface area contributed by atoms with Crippen molar-refractivity contribution >= 4 is 16.1 Å². The third-order valence-corrected chi connectivity index (χ3v) is 8.69. The highest BCUT2D eigenvalue weighted by Gasteiger charge is 2.44. The number of carbonyl (C=O) groups is 1. The number of sulfonamides is 1. The van der Waals surface area contributed by atoms with Gasteiger partial charge in [0.05, 0.1) is 31.2 Å². The minimum absolute atomic E-state index is 0.112. The van der Waals surface area contributed by atoms with Crippen LogP contribution in [0.15, 0.2) is 11.0 Å². The van der Waals surface area contributed by atoms with Crippen LogP contribution in [0.3, 0.4) is 0 Å². The molecule has 3 unspecified atom stereocenters. The third-order valence-electron chi connectivity index (χ3n) is 6.58. The Morgan fingerprint density at radius 2 is 1.97 bits per heavy atom. The number of hydrogen-bond acceptors (Lipinski definition) is 6. The van der Waals surface area contributed by atoms with E-state index in [4.69, 9.17) is 9.47 Å². The molecule has 4 aliphatic rings. The number of ether oxygens (including phenoxy) is 2. The maximum atomic E-state index is 14.9. The lowest BCUT2D eigenvalue weighted by Crippen LogP contribution is -2.53. The number of nitrogens with zero attached hydrogens (tertiary/aromatic N) is 3. The summed E-state index contributed by atoms with van der Waals surface area (Å²) in [5.74, 6) is 0. The number of halogens is 1. The van der Waals surface area contributed by atoms with E-state index in [1.165, 1.54) is 4.31 Å². The fourth-order valence-electron chi connectivity index (χ4n) is 4.98. The zero-order valence-corrected chi connectivity index (χ0v) is 17.7. The van der Waals surface area contributed by atoms with Crippen LogP contribution in [0, 0.1) is 0 Å². The first-order valence-corrected chi connectivity index (χ1v) is 11.9. The molecule has 0 radical (unpaired) electrons. The second kappa shape index (κ2) is 8.49. The average molecular weight is 432 g/mol. The predicted octanol–water partition coefficient (Wildman–Crippen LogP) is 1.34. The molecule has 0 aromatic heterocycles. The number of rotatable bonds is 4. The van der Waals surface area contributed by atoms with Crippen molar-refractivity contribution in [1.82, 2.24) is 14.1 Å². The zero-order chi connectivity index (χ0) is 20.6. The van der Waals surface area contributed by atoms with Crippen LogP contribution in [0.5, 0.6) is 0 Å². The van der Waals surface area contributed by atoms with E-state index in [0.717, 1.165) is 19.5 Å². The van der Waals surface area contributed by atoms with Crippen molar-refractivity contribution in [2.24, 2.45) is 0 Å². The maximum Gasteiger partial charge on any atom is 0.410 e. The molecular formula is C19H30FN3O5S. The molecular weight excluding hydrogens is 401 g/mol. The molecule has 3 saturated heterocycles. The number of hydrogen-bond donors (Lipinski definition) is 0. The first-order valence-electron chi connectivity index (χ1n) is 10.5. The van der Waals surface area contributed by atoms with E-state index in [0.29, 0.717) is 50.5 Å². The molecule has 0 bridgehead atoms. The van der Waals surface area contributed by atoms with Crippen molar-refractivity contribution in [2.75, 3.05) is 45.9 Å². The van der Waals surface area contributed by atoms with Gasteiger partial charge in [-0.25, -0.2) is 17.6 Å². The van der Waals surface area contributed by atoms with Crippen LogP contribution in [0.2, 0.25) is 0 Å². The molecule has 10 heteroatoms. The Balaban J connectivity index is 1.33. The molecule has 1 amide bonds. The molecule has 0 aromatic carbocycles. The summed E-state index contributed by atoms with van der Waals surface area (Å²) < 4.78 is 52.0.